The van der Waals surface area contributed by atoms with Gasteiger partial charge in [-0.15, -0.1) is 11.3 Å². The standard InChI is InChI=1S/C28H19BNO2S/c31-29-32-23-15-13-22(14-16-23)30(21-9-2-1-3-10-21)26-12-6-11-24-25-17-19-7-4-5-8-20(19)18-27(25)33-28(24)26/h1-18,31H. The Kier molecular flexibility index (Phi) is 4.98. The molecule has 1 heterocycles. The molecule has 5 heteroatoms. The Hall–Kier alpha value is -3.80. The highest BCUT2D eigenvalue weighted by Gasteiger charge is 2.18. The van der Waals surface area contributed by atoms with Crippen molar-refractivity contribution in [1.82, 2.24) is 0 Å². The van der Waals surface area contributed by atoms with Crippen molar-refractivity contribution in [1.29, 1.82) is 0 Å². The Balaban J connectivity index is 1.59. The molecular weight excluding hydrogens is 425 g/mol. The van der Waals surface area contributed by atoms with Crippen molar-refractivity contribution < 1.29 is 9.68 Å². The average Bonchev–Trinajstić information content (AvgIpc) is 3.23. The van der Waals surface area contributed by atoms with Crippen LogP contribution in [0.3, 0.4) is 0 Å². The monoisotopic (exact) mass is 444 g/mol. The number of nitrogens with zero attached hydrogens (tertiary/aromatic N) is 1. The van der Waals surface area contributed by atoms with Gasteiger partial charge in [0.1, 0.15) is 5.75 Å². The molecule has 6 rings (SSSR count). The summed E-state index contributed by atoms with van der Waals surface area (Å²) in [5, 5.41) is 14.0. The maximum Gasteiger partial charge on any atom is 0.569 e. The number of anilines is 3. The van der Waals surface area contributed by atoms with Gasteiger partial charge in [-0.05, 0) is 65.4 Å². The minimum absolute atomic E-state index is 0.584. The van der Waals surface area contributed by atoms with Crippen molar-refractivity contribution in [3.63, 3.8) is 0 Å². The lowest BCUT2D eigenvalue weighted by atomic mass is 10.1. The van der Waals surface area contributed by atoms with Crippen LogP contribution in [-0.2, 0) is 0 Å². The van der Waals surface area contributed by atoms with E-state index < -0.39 is 0 Å². The number of hydrogen-bond donors (Lipinski definition) is 1. The zero-order chi connectivity index (χ0) is 22.2. The van der Waals surface area contributed by atoms with E-state index in [1.54, 1.807) is 0 Å². The molecule has 0 aliphatic carbocycles. The number of thiophene rings is 1. The van der Waals surface area contributed by atoms with Gasteiger partial charge >= 0.3 is 7.69 Å². The normalized spacial score (nSPS) is 11.2. The largest absolute Gasteiger partial charge is 0.569 e. The quantitative estimate of drug-likeness (QED) is 0.278. The van der Waals surface area contributed by atoms with Crippen molar-refractivity contribution in [2.24, 2.45) is 0 Å². The van der Waals surface area contributed by atoms with Crippen molar-refractivity contribution in [2.75, 3.05) is 4.90 Å². The predicted octanol–water partition coefficient (Wildman–Crippen LogP) is 7.58. The second-order valence-corrected chi connectivity index (χ2v) is 8.89. The molecule has 1 N–H and O–H groups in total. The van der Waals surface area contributed by atoms with Gasteiger partial charge in [-0.3, -0.25) is 0 Å². The van der Waals surface area contributed by atoms with Crippen LogP contribution in [0, 0.1) is 0 Å². The highest BCUT2D eigenvalue weighted by molar-refractivity contribution is 7.26. The van der Waals surface area contributed by atoms with Gasteiger partial charge in [0.25, 0.3) is 0 Å². The van der Waals surface area contributed by atoms with E-state index in [0.29, 0.717) is 13.4 Å². The van der Waals surface area contributed by atoms with E-state index in [4.69, 9.17) is 9.68 Å². The molecule has 0 atom stereocenters. The highest BCUT2D eigenvalue weighted by atomic mass is 32.1. The molecule has 3 nitrogen and oxygen atoms in total. The van der Waals surface area contributed by atoms with Gasteiger partial charge in [-0.1, -0.05) is 54.6 Å². The van der Waals surface area contributed by atoms with Gasteiger partial charge in [0.15, 0.2) is 0 Å². The Morgan fingerprint density at radius 3 is 2.12 bits per heavy atom. The summed E-state index contributed by atoms with van der Waals surface area (Å²) in [5.74, 6) is 0.584. The SMILES string of the molecule is O[B]Oc1ccc(N(c2ccccc2)c2cccc3c2sc2cc4ccccc4cc23)cc1. The first kappa shape index (κ1) is 19.9. The summed E-state index contributed by atoms with van der Waals surface area (Å²) in [6.45, 7) is 0. The van der Waals surface area contributed by atoms with E-state index in [0.717, 1.165) is 17.1 Å². The minimum Gasteiger partial charge on any atom is -0.537 e. The maximum absolute atomic E-state index is 8.96. The third kappa shape index (κ3) is 3.52. The lowest BCUT2D eigenvalue weighted by Crippen LogP contribution is -2.10. The third-order valence-electron chi connectivity index (χ3n) is 5.88. The second kappa shape index (κ2) is 8.28. The minimum atomic E-state index is 0.584. The Labute approximate surface area is 196 Å². The number of hydrogen-bond acceptors (Lipinski definition) is 4. The van der Waals surface area contributed by atoms with Gasteiger partial charge < -0.3 is 14.6 Å². The number of rotatable bonds is 5. The zero-order valence-corrected chi connectivity index (χ0v) is 18.5. The van der Waals surface area contributed by atoms with Crippen molar-refractivity contribution in [2.45, 2.75) is 0 Å². The summed E-state index contributed by atoms with van der Waals surface area (Å²) in [6.07, 6.45) is 0. The second-order valence-electron chi connectivity index (χ2n) is 7.84. The van der Waals surface area contributed by atoms with E-state index in [2.05, 4.69) is 83.8 Å². The van der Waals surface area contributed by atoms with Gasteiger partial charge in [0, 0.05) is 26.8 Å². The fraction of sp³-hybridized carbons (Fsp3) is 0. The number of fused-ring (bicyclic) bond motifs is 4. The highest BCUT2D eigenvalue weighted by Crippen LogP contribution is 2.45. The molecule has 157 valence electrons. The van der Waals surface area contributed by atoms with Gasteiger partial charge in [0.2, 0.25) is 0 Å². The summed E-state index contributed by atoms with van der Waals surface area (Å²) in [7, 11) is 0.700. The fourth-order valence-electron chi connectivity index (χ4n) is 4.38. The Morgan fingerprint density at radius 1 is 0.667 bits per heavy atom. The Bertz CT molecular complexity index is 1580. The lowest BCUT2D eigenvalue weighted by Gasteiger charge is -2.26. The van der Waals surface area contributed by atoms with E-state index in [1.165, 1.54) is 30.9 Å². The number of benzene rings is 5. The molecular formula is C28H19BNO2S. The van der Waals surface area contributed by atoms with Gasteiger partial charge in [-0.25, -0.2) is 0 Å². The first-order valence-corrected chi connectivity index (χ1v) is 11.6. The molecule has 0 aliphatic heterocycles. The van der Waals surface area contributed by atoms with Crippen molar-refractivity contribution in [3.05, 3.63) is 109 Å². The van der Waals surface area contributed by atoms with Gasteiger partial charge in [0.05, 0.1) is 10.4 Å². The molecule has 1 aromatic heterocycles. The van der Waals surface area contributed by atoms with Crippen LogP contribution in [0.5, 0.6) is 5.75 Å². The zero-order valence-electron chi connectivity index (χ0n) is 17.7. The molecule has 6 aromatic rings. The predicted molar refractivity (Wildman–Crippen MR) is 140 cm³/mol. The molecule has 0 aliphatic rings. The summed E-state index contributed by atoms with van der Waals surface area (Å²) in [4.78, 5) is 2.27. The molecule has 0 amide bonds. The van der Waals surface area contributed by atoms with Crippen LogP contribution >= 0.6 is 11.3 Å². The average molecular weight is 444 g/mol. The molecule has 33 heavy (non-hydrogen) atoms. The smallest absolute Gasteiger partial charge is 0.537 e. The fourth-order valence-corrected chi connectivity index (χ4v) is 5.62. The van der Waals surface area contributed by atoms with Crippen LogP contribution in [0.1, 0.15) is 0 Å². The molecule has 0 saturated carbocycles. The molecule has 0 bridgehead atoms. The van der Waals surface area contributed by atoms with Crippen molar-refractivity contribution >= 4 is 67.0 Å². The van der Waals surface area contributed by atoms with Crippen LogP contribution in [-0.4, -0.2) is 12.7 Å². The summed E-state index contributed by atoms with van der Waals surface area (Å²) >= 11 is 1.83. The van der Waals surface area contributed by atoms with Crippen LogP contribution in [0.25, 0.3) is 30.9 Å². The van der Waals surface area contributed by atoms with Crippen LogP contribution in [0.2, 0.25) is 0 Å². The molecule has 5 aromatic carbocycles. The van der Waals surface area contributed by atoms with Crippen LogP contribution in [0.15, 0.2) is 109 Å². The number of para-hydroxylation sites is 1. The van der Waals surface area contributed by atoms with E-state index in [9.17, 15) is 0 Å². The lowest BCUT2D eigenvalue weighted by molar-refractivity contribution is 0.454. The van der Waals surface area contributed by atoms with Crippen molar-refractivity contribution in [3.8, 4) is 5.75 Å². The summed E-state index contributed by atoms with van der Waals surface area (Å²) < 4.78 is 7.64. The topological polar surface area (TPSA) is 32.7 Å². The molecule has 1 radical (unpaired) electrons. The summed E-state index contributed by atoms with van der Waals surface area (Å²) in [6, 6.07) is 37.7. The van der Waals surface area contributed by atoms with Crippen LogP contribution < -0.4 is 9.55 Å². The molecule has 0 spiro atoms. The summed E-state index contributed by atoms with van der Waals surface area (Å²) in [5.41, 5.74) is 3.22. The maximum atomic E-state index is 8.96. The first-order chi connectivity index (χ1) is 16.3. The van der Waals surface area contributed by atoms with E-state index >= 15 is 0 Å². The molecule has 0 unspecified atom stereocenters. The van der Waals surface area contributed by atoms with Crippen LogP contribution in [0.4, 0.5) is 17.1 Å². The first-order valence-electron chi connectivity index (χ1n) is 10.7. The third-order valence-corrected chi connectivity index (χ3v) is 7.07. The Morgan fingerprint density at radius 2 is 1.36 bits per heavy atom. The van der Waals surface area contributed by atoms with Gasteiger partial charge in [-0.2, -0.15) is 0 Å². The molecule has 0 fully saturated rings. The van der Waals surface area contributed by atoms with E-state index in [-0.39, 0.29) is 0 Å². The van der Waals surface area contributed by atoms with E-state index in [1.807, 2.05) is 41.7 Å². The molecule has 0 saturated heterocycles.